The van der Waals surface area contributed by atoms with Crippen LogP contribution in [-0.4, -0.2) is 54.0 Å². The van der Waals surface area contributed by atoms with Crippen molar-refractivity contribution < 1.29 is 23.9 Å². The Kier molecular flexibility index (Phi) is 6.15. The SMILES string of the molecule is CCOC(=O)c1c(C)[nH]c(C(=O)N2C[C@@H]3[C@@H](C(=O)OCC)[C@@H](C)C=C[C@H]3C2)c1C. The summed E-state index contributed by atoms with van der Waals surface area (Å²) in [4.78, 5) is 42.8. The summed E-state index contributed by atoms with van der Waals surface area (Å²) in [6.07, 6.45) is 4.18. The number of allylic oxidation sites excluding steroid dienone is 1. The predicted octanol–water partition coefficient (Wildman–Crippen LogP) is 2.88. The van der Waals surface area contributed by atoms with E-state index in [4.69, 9.17) is 9.47 Å². The summed E-state index contributed by atoms with van der Waals surface area (Å²) in [5.41, 5.74) is 2.06. The van der Waals surface area contributed by atoms with Crippen LogP contribution in [0.3, 0.4) is 0 Å². The number of amides is 1. The van der Waals surface area contributed by atoms with E-state index in [-0.39, 0.29) is 42.2 Å². The van der Waals surface area contributed by atoms with Gasteiger partial charge in [0.25, 0.3) is 5.91 Å². The Labute approximate surface area is 171 Å². The molecular weight excluding hydrogens is 372 g/mol. The van der Waals surface area contributed by atoms with E-state index < -0.39 is 5.97 Å². The number of carbonyl (C=O) groups is 3. The third-order valence-corrected chi connectivity index (χ3v) is 6.08. The van der Waals surface area contributed by atoms with E-state index in [0.29, 0.717) is 42.2 Å². The van der Waals surface area contributed by atoms with E-state index in [2.05, 4.69) is 17.1 Å². The second kappa shape index (κ2) is 8.43. The highest BCUT2D eigenvalue weighted by Crippen LogP contribution is 2.40. The van der Waals surface area contributed by atoms with Crippen molar-refractivity contribution >= 4 is 17.8 Å². The number of aromatic nitrogens is 1. The molecule has 4 atom stereocenters. The first-order valence-electron chi connectivity index (χ1n) is 10.3. The molecule has 1 aromatic rings. The Morgan fingerprint density at radius 2 is 1.79 bits per heavy atom. The standard InChI is InChI=1S/C22H30N2O5/c1-6-28-21(26)17-12(3)8-9-15-10-24(11-16(15)17)20(25)19-13(4)18(14(5)23-19)22(27)29-7-2/h8-9,12,15-17,23H,6-7,10-11H2,1-5H3/t12-,15-,16-,17-/m0/s1. The summed E-state index contributed by atoms with van der Waals surface area (Å²) >= 11 is 0. The first-order chi connectivity index (χ1) is 13.8. The van der Waals surface area contributed by atoms with Gasteiger partial charge in [0.05, 0.1) is 24.7 Å². The number of rotatable bonds is 5. The lowest BCUT2D eigenvalue weighted by Gasteiger charge is -2.31. The maximum Gasteiger partial charge on any atom is 0.340 e. The summed E-state index contributed by atoms with van der Waals surface area (Å²) in [6, 6.07) is 0. The average Bonchev–Trinajstić information content (AvgIpc) is 3.22. The van der Waals surface area contributed by atoms with Crippen LogP contribution in [-0.2, 0) is 14.3 Å². The van der Waals surface area contributed by atoms with Crippen molar-refractivity contribution in [2.75, 3.05) is 26.3 Å². The Bertz CT molecular complexity index is 841. The van der Waals surface area contributed by atoms with Crippen molar-refractivity contribution in [3.63, 3.8) is 0 Å². The Hall–Kier alpha value is -2.57. The van der Waals surface area contributed by atoms with Crippen LogP contribution in [0.5, 0.6) is 0 Å². The van der Waals surface area contributed by atoms with Gasteiger partial charge in [-0.2, -0.15) is 0 Å². The number of nitrogens with one attached hydrogen (secondary N) is 1. The van der Waals surface area contributed by atoms with Crippen molar-refractivity contribution in [2.24, 2.45) is 23.7 Å². The van der Waals surface area contributed by atoms with Gasteiger partial charge in [-0.15, -0.1) is 0 Å². The molecule has 3 rings (SSSR count). The van der Waals surface area contributed by atoms with Gasteiger partial charge in [0.1, 0.15) is 5.69 Å². The number of esters is 2. The van der Waals surface area contributed by atoms with Crippen LogP contribution >= 0.6 is 0 Å². The number of carbonyl (C=O) groups excluding carboxylic acids is 3. The van der Waals surface area contributed by atoms with Crippen LogP contribution in [0, 0.1) is 37.5 Å². The molecule has 0 spiro atoms. The van der Waals surface area contributed by atoms with Crippen molar-refractivity contribution in [2.45, 2.75) is 34.6 Å². The topological polar surface area (TPSA) is 88.7 Å². The lowest BCUT2D eigenvalue weighted by Crippen LogP contribution is -2.37. The number of likely N-dealkylation sites (tertiary alicyclic amines) is 1. The van der Waals surface area contributed by atoms with E-state index in [1.807, 2.05) is 6.92 Å². The zero-order valence-corrected chi connectivity index (χ0v) is 17.8. The number of ether oxygens (including phenoxy) is 2. The van der Waals surface area contributed by atoms with Gasteiger partial charge in [-0.25, -0.2) is 4.79 Å². The smallest absolute Gasteiger partial charge is 0.340 e. The molecule has 29 heavy (non-hydrogen) atoms. The monoisotopic (exact) mass is 402 g/mol. The van der Waals surface area contributed by atoms with Gasteiger partial charge in [-0.05, 0) is 51.0 Å². The van der Waals surface area contributed by atoms with Crippen molar-refractivity contribution in [3.05, 3.63) is 34.7 Å². The molecule has 1 saturated heterocycles. The third kappa shape index (κ3) is 3.82. The minimum Gasteiger partial charge on any atom is -0.466 e. The number of aromatic amines is 1. The van der Waals surface area contributed by atoms with E-state index in [9.17, 15) is 14.4 Å². The second-order valence-corrected chi connectivity index (χ2v) is 7.91. The summed E-state index contributed by atoms with van der Waals surface area (Å²) < 4.78 is 10.4. The Morgan fingerprint density at radius 3 is 2.45 bits per heavy atom. The normalized spacial score (nSPS) is 25.6. The molecule has 158 valence electrons. The van der Waals surface area contributed by atoms with Crippen LogP contribution in [0.15, 0.2) is 12.2 Å². The van der Waals surface area contributed by atoms with Gasteiger partial charge < -0.3 is 19.4 Å². The zero-order valence-electron chi connectivity index (χ0n) is 17.8. The minimum absolute atomic E-state index is 0.0406. The lowest BCUT2D eigenvalue weighted by molar-refractivity contribution is -0.152. The van der Waals surface area contributed by atoms with Crippen molar-refractivity contribution in [1.29, 1.82) is 0 Å². The van der Waals surface area contributed by atoms with Crippen molar-refractivity contribution in [1.82, 2.24) is 9.88 Å². The zero-order chi connectivity index (χ0) is 21.3. The molecule has 0 unspecified atom stereocenters. The second-order valence-electron chi connectivity index (χ2n) is 7.91. The van der Waals surface area contributed by atoms with Gasteiger partial charge in [-0.1, -0.05) is 19.1 Å². The van der Waals surface area contributed by atoms with E-state index >= 15 is 0 Å². The fourth-order valence-corrected chi connectivity index (χ4v) is 4.69. The molecule has 1 aliphatic heterocycles. The third-order valence-electron chi connectivity index (χ3n) is 6.08. The molecule has 0 radical (unpaired) electrons. The van der Waals surface area contributed by atoms with Crippen LogP contribution in [0.1, 0.15) is 52.9 Å². The van der Waals surface area contributed by atoms with Crippen molar-refractivity contribution in [3.8, 4) is 0 Å². The average molecular weight is 402 g/mol. The molecule has 0 bridgehead atoms. The fourth-order valence-electron chi connectivity index (χ4n) is 4.69. The molecule has 1 aliphatic carbocycles. The highest BCUT2D eigenvalue weighted by Gasteiger charge is 2.46. The molecule has 7 heteroatoms. The number of nitrogens with zero attached hydrogens (tertiary/aromatic N) is 1. The Morgan fingerprint density at radius 1 is 1.10 bits per heavy atom. The maximum atomic E-state index is 13.2. The maximum absolute atomic E-state index is 13.2. The molecule has 2 aliphatic rings. The number of fused-ring (bicyclic) bond motifs is 1. The first-order valence-corrected chi connectivity index (χ1v) is 10.3. The van der Waals surface area contributed by atoms with Gasteiger partial charge in [-0.3, -0.25) is 9.59 Å². The van der Waals surface area contributed by atoms with E-state index in [1.54, 1.807) is 32.6 Å². The number of aryl methyl sites for hydroxylation is 1. The van der Waals surface area contributed by atoms with Gasteiger partial charge >= 0.3 is 11.9 Å². The van der Waals surface area contributed by atoms with Crippen LogP contribution in [0.2, 0.25) is 0 Å². The quantitative estimate of drug-likeness (QED) is 0.604. The predicted molar refractivity (Wildman–Crippen MR) is 108 cm³/mol. The summed E-state index contributed by atoms with van der Waals surface area (Å²) in [6.45, 7) is 10.8. The van der Waals surface area contributed by atoms with Crippen LogP contribution < -0.4 is 0 Å². The number of H-pyrrole nitrogens is 1. The molecule has 2 heterocycles. The highest BCUT2D eigenvalue weighted by molar-refractivity contribution is 6.00. The number of hydrogen-bond acceptors (Lipinski definition) is 5. The van der Waals surface area contributed by atoms with E-state index in [0.717, 1.165) is 0 Å². The summed E-state index contributed by atoms with van der Waals surface area (Å²) in [5.74, 6) is -0.764. The van der Waals surface area contributed by atoms with Gasteiger partial charge in [0.2, 0.25) is 0 Å². The Balaban J connectivity index is 1.82. The largest absolute Gasteiger partial charge is 0.466 e. The molecule has 1 aromatic heterocycles. The highest BCUT2D eigenvalue weighted by atomic mass is 16.5. The lowest BCUT2D eigenvalue weighted by atomic mass is 9.72. The van der Waals surface area contributed by atoms with Gasteiger partial charge in [0, 0.05) is 18.8 Å². The summed E-state index contributed by atoms with van der Waals surface area (Å²) in [7, 11) is 0. The van der Waals surface area contributed by atoms with Gasteiger partial charge in [0.15, 0.2) is 0 Å². The van der Waals surface area contributed by atoms with E-state index in [1.165, 1.54) is 0 Å². The summed E-state index contributed by atoms with van der Waals surface area (Å²) in [5, 5.41) is 0. The molecule has 1 N–H and O–H groups in total. The minimum atomic E-state index is -0.424. The molecule has 7 nitrogen and oxygen atoms in total. The molecule has 0 aromatic carbocycles. The molecule has 1 fully saturated rings. The van der Waals surface area contributed by atoms with Crippen LogP contribution in [0.25, 0.3) is 0 Å². The first kappa shape index (κ1) is 21.1. The molecule has 0 saturated carbocycles. The van der Waals surface area contributed by atoms with Crippen LogP contribution in [0.4, 0.5) is 0 Å². The number of hydrogen-bond donors (Lipinski definition) is 1. The molecular formula is C22H30N2O5. The fraction of sp³-hybridized carbons (Fsp3) is 0.591. The molecule has 1 amide bonds.